The normalized spacial score (nSPS) is 15.1. The van der Waals surface area contributed by atoms with Crippen molar-refractivity contribution in [3.8, 4) is 5.75 Å². The number of benzene rings is 3. The smallest absolute Gasteiger partial charge is 0.194 e. The number of aromatic amines is 1. The lowest BCUT2D eigenvalue weighted by atomic mass is 9.96. The van der Waals surface area contributed by atoms with Crippen LogP contribution >= 0.6 is 0 Å². The number of hydrogen-bond acceptors (Lipinski definition) is 4. The third kappa shape index (κ3) is 5.79. The summed E-state index contributed by atoms with van der Waals surface area (Å²) in [6, 6.07) is 27.5. The molecule has 0 atom stereocenters. The Labute approximate surface area is 219 Å². The summed E-state index contributed by atoms with van der Waals surface area (Å²) in [5.74, 6) is 1.19. The third-order valence-corrected chi connectivity index (χ3v) is 7.25. The van der Waals surface area contributed by atoms with Crippen molar-refractivity contribution in [1.29, 1.82) is 0 Å². The van der Waals surface area contributed by atoms with Gasteiger partial charge in [0.25, 0.3) is 0 Å². The quantitative estimate of drug-likeness (QED) is 0.337. The standard InChI is InChI=1S/C32H37N3O2/c1-23(2)22-37-27-14-15-30-28(20-27)32(36)29(24(3)33-30)21-34-16-18-35(19-17-34)31(25-10-6-4-7-11-25)26-12-8-5-9-13-26/h4-15,20,23,31H,16-19,21-22H2,1-3H3,(H,33,36). The second-order valence-corrected chi connectivity index (χ2v) is 10.5. The minimum Gasteiger partial charge on any atom is -0.493 e. The average Bonchev–Trinajstić information content (AvgIpc) is 2.92. The number of rotatable bonds is 8. The van der Waals surface area contributed by atoms with E-state index in [0.717, 1.165) is 48.7 Å². The van der Waals surface area contributed by atoms with Crippen LogP contribution in [0.15, 0.2) is 83.7 Å². The van der Waals surface area contributed by atoms with Gasteiger partial charge in [-0.25, -0.2) is 0 Å². The van der Waals surface area contributed by atoms with Crippen LogP contribution < -0.4 is 10.2 Å². The highest BCUT2D eigenvalue weighted by atomic mass is 16.5. The molecule has 5 rings (SSSR count). The van der Waals surface area contributed by atoms with Gasteiger partial charge in [-0.2, -0.15) is 0 Å². The monoisotopic (exact) mass is 495 g/mol. The van der Waals surface area contributed by atoms with Gasteiger partial charge in [0.15, 0.2) is 5.43 Å². The molecule has 0 saturated carbocycles. The molecule has 0 spiro atoms. The number of nitrogens with one attached hydrogen (secondary N) is 1. The van der Waals surface area contributed by atoms with Gasteiger partial charge >= 0.3 is 0 Å². The fourth-order valence-electron chi connectivity index (χ4n) is 5.26. The molecule has 37 heavy (non-hydrogen) atoms. The molecule has 0 radical (unpaired) electrons. The van der Waals surface area contributed by atoms with Gasteiger partial charge < -0.3 is 9.72 Å². The van der Waals surface area contributed by atoms with Crippen LogP contribution in [-0.2, 0) is 6.54 Å². The number of ether oxygens (including phenoxy) is 1. The van der Waals surface area contributed by atoms with Crippen LogP contribution in [0.3, 0.4) is 0 Å². The molecular weight excluding hydrogens is 458 g/mol. The van der Waals surface area contributed by atoms with Crippen molar-refractivity contribution in [3.05, 3.63) is 111 Å². The summed E-state index contributed by atoms with van der Waals surface area (Å²) >= 11 is 0. The molecule has 1 saturated heterocycles. The summed E-state index contributed by atoms with van der Waals surface area (Å²) in [6.45, 7) is 11.3. The van der Waals surface area contributed by atoms with Crippen molar-refractivity contribution in [2.75, 3.05) is 32.8 Å². The molecule has 1 aromatic heterocycles. The number of nitrogens with zero attached hydrogens (tertiary/aromatic N) is 2. The highest BCUT2D eigenvalue weighted by Crippen LogP contribution is 2.30. The molecule has 1 fully saturated rings. The Balaban J connectivity index is 1.33. The largest absolute Gasteiger partial charge is 0.493 e. The maximum atomic E-state index is 13.5. The van der Waals surface area contributed by atoms with Crippen LogP contribution in [0.2, 0.25) is 0 Å². The lowest BCUT2D eigenvalue weighted by Gasteiger charge is -2.40. The van der Waals surface area contributed by atoms with Crippen LogP contribution in [-0.4, -0.2) is 47.6 Å². The number of fused-ring (bicyclic) bond motifs is 1. The molecule has 5 nitrogen and oxygen atoms in total. The zero-order valence-electron chi connectivity index (χ0n) is 22.1. The fraction of sp³-hybridized carbons (Fsp3) is 0.344. The van der Waals surface area contributed by atoms with E-state index in [0.29, 0.717) is 24.5 Å². The van der Waals surface area contributed by atoms with Gasteiger partial charge in [-0.15, -0.1) is 0 Å². The zero-order valence-corrected chi connectivity index (χ0v) is 22.1. The number of hydrogen-bond donors (Lipinski definition) is 1. The molecule has 1 aliphatic heterocycles. The molecule has 3 aromatic carbocycles. The number of aromatic nitrogens is 1. The topological polar surface area (TPSA) is 48.6 Å². The molecule has 0 bridgehead atoms. The number of H-pyrrole nitrogens is 1. The summed E-state index contributed by atoms with van der Waals surface area (Å²) in [5, 5.41) is 0.703. The average molecular weight is 496 g/mol. The van der Waals surface area contributed by atoms with Gasteiger partial charge in [0.2, 0.25) is 0 Å². The molecular formula is C32H37N3O2. The lowest BCUT2D eigenvalue weighted by molar-refractivity contribution is 0.104. The first-order chi connectivity index (χ1) is 18.0. The van der Waals surface area contributed by atoms with E-state index in [1.54, 1.807) is 0 Å². The first-order valence-corrected chi connectivity index (χ1v) is 13.3. The van der Waals surface area contributed by atoms with Crippen molar-refractivity contribution in [2.24, 2.45) is 5.92 Å². The first-order valence-electron chi connectivity index (χ1n) is 13.3. The van der Waals surface area contributed by atoms with Gasteiger partial charge in [-0.1, -0.05) is 74.5 Å². The Morgan fingerprint density at radius 3 is 2.08 bits per heavy atom. The molecule has 4 aromatic rings. The molecule has 0 unspecified atom stereocenters. The molecule has 2 heterocycles. The minimum absolute atomic E-state index is 0.107. The van der Waals surface area contributed by atoms with Crippen molar-refractivity contribution >= 4 is 10.9 Å². The van der Waals surface area contributed by atoms with Crippen molar-refractivity contribution < 1.29 is 4.74 Å². The van der Waals surface area contributed by atoms with Crippen molar-refractivity contribution in [3.63, 3.8) is 0 Å². The molecule has 5 heteroatoms. The van der Waals surface area contributed by atoms with Crippen LogP contribution in [0.5, 0.6) is 5.75 Å². The maximum Gasteiger partial charge on any atom is 0.194 e. The number of pyridine rings is 1. The summed E-state index contributed by atoms with van der Waals surface area (Å²) in [7, 11) is 0. The highest BCUT2D eigenvalue weighted by molar-refractivity contribution is 5.81. The fourth-order valence-corrected chi connectivity index (χ4v) is 5.26. The van der Waals surface area contributed by atoms with Crippen molar-refractivity contribution in [2.45, 2.75) is 33.4 Å². The summed E-state index contributed by atoms with van der Waals surface area (Å²) in [4.78, 5) is 22.0. The molecule has 0 amide bonds. The second-order valence-electron chi connectivity index (χ2n) is 10.5. The van der Waals surface area contributed by atoms with Gasteiger partial charge in [0, 0.05) is 54.9 Å². The van der Waals surface area contributed by atoms with E-state index < -0.39 is 0 Å². The van der Waals surface area contributed by atoms with Crippen LogP contribution in [0.1, 0.15) is 42.3 Å². The third-order valence-electron chi connectivity index (χ3n) is 7.25. The van der Waals surface area contributed by atoms with Gasteiger partial charge in [-0.05, 0) is 42.2 Å². The van der Waals surface area contributed by atoms with E-state index in [1.165, 1.54) is 11.1 Å². The van der Waals surface area contributed by atoms with Gasteiger partial charge in [-0.3, -0.25) is 14.6 Å². The van der Waals surface area contributed by atoms with Crippen LogP contribution in [0.4, 0.5) is 0 Å². The van der Waals surface area contributed by atoms with Crippen molar-refractivity contribution in [1.82, 2.24) is 14.8 Å². The first kappa shape index (κ1) is 25.2. The molecule has 1 N–H and O–H groups in total. The van der Waals surface area contributed by atoms with E-state index >= 15 is 0 Å². The molecule has 192 valence electrons. The van der Waals surface area contributed by atoms with E-state index in [9.17, 15) is 4.79 Å². The Kier molecular flexibility index (Phi) is 7.73. The Morgan fingerprint density at radius 2 is 1.49 bits per heavy atom. The van der Waals surface area contributed by atoms with Gasteiger partial charge in [0.1, 0.15) is 5.75 Å². The SMILES string of the molecule is Cc1[nH]c2ccc(OCC(C)C)cc2c(=O)c1CN1CCN(C(c2ccccc2)c2ccccc2)CC1. The van der Waals surface area contributed by atoms with Crippen LogP contribution in [0.25, 0.3) is 10.9 Å². The van der Waals surface area contributed by atoms with E-state index in [4.69, 9.17) is 4.74 Å². The highest BCUT2D eigenvalue weighted by Gasteiger charge is 2.27. The van der Waals surface area contributed by atoms with Crippen LogP contribution in [0, 0.1) is 12.8 Å². The predicted molar refractivity (Wildman–Crippen MR) is 151 cm³/mol. The molecule has 0 aliphatic carbocycles. The summed E-state index contributed by atoms with van der Waals surface area (Å²) in [5.41, 5.74) is 5.41. The number of aryl methyl sites for hydroxylation is 1. The Morgan fingerprint density at radius 1 is 0.865 bits per heavy atom. The molecule has 1 aliphatic rings. The van der Waals surface area contributed by atoms with E-state index in [-0.39, 0.29) is 11.5 Å². The summed E-state index contributed by atoms with van der Waals surface area (Å²) in [6.07, 6.45) is 0. The van der Waals surface area contributed by atoms with Gasteiger partial charge in [0.05, 0.1) is 12.6 Å². The summed E-state index contributed by atoms with van der Waals surface area (Å²) < 4.78 is 5.89. The maximum absolute atomic E-state index is 13.5. The van der Waals surface area contributed by atoms with E-state index in [1.807, 2.05) is 25.1 Å². The minimum atomic E-state index is 0.107. The Bertz CT molecular complexity index is 1330. The number of piperazine rings is 1. The second kappa shape index (κ2) is 11.3. The Hall–Kier alpha value is -3.41. The lowest BCUT2D eigenvalue weighted by Crippen LogP contribution is -2.47. The van der Waals surface area contributed by atoms with E-state index in [2.05, 4.69) is 89.3 Å². The zero-order chi connectivity index (χ0) is 25.8. The predicted octanol–water partition coefficient (Wildman–Crippen LogP) is 5.78.